The van der Waals surface area contributed by atoms with Gasteiger partial charge in [0.05, 0.1) is 25.3 Å². The standard InChI is InChI=1S/C28H29FN2O3/c1-3-24(21-9-5-4-6-10-21)28(32)31(18-20-13-15-22(29)16-14-20)19-23-17-26(30-34-23)25-11-7-8-12-27(25)33-2/h4-16,23-24H,3,17-19H2,1-2H3/t23-,24+/m1/s1. The van der Waals surface area contributed by atoms with Crippen LogP contribution in [0.2, 0.25) is 0 Å². The largest absolute Gasteiger partial charge is 0.496 e. The molecule has 2 atom stereocenters. The summed E-state index contributed by atoms with van der Waals surface area (Å²) in [5.41, 5.74) is 3.53. The van der Waals surface area contributed by atoms with Crippen LogP contribution in [0.5, 0.6) is 5.75 Å². The highest BCUT2D eigenvalue weighted by Crippen LogP contribution is 2.27. The van der Waals surface area contributed by atoms with Crippen molar-refractivity contribution in [1.82, 2.24) is 4.90 Å². The Labute approximate surface area is 199 Å². The Morgan fingerprint density at radius 2 is 1.79 bits per heavy atom. The van der Waals surface area contributed by atoms with E-state index in [2.05, 4.69) is 5.16 Å². The van der Waals surface area contributed by atoms with Gasteiger partial charge in [-0.3, -0.25) is 4.79 Å². The van der Waals surface area contributed by atoms with Crippen molar-refractivity contribution in [2.45, 2.75) is 38.3 Å². The minimum Gasteiger partial charge on any atom is -0.496 e. The summed E-state index contributed by atoms with van der Waals surface area (Å²) in [5, 5.41) is 4.30. The molecule has 3 aromatic carbocycles. The molecular formula is C28H29FN2O3. The first-order valence-electron chi connectivity index (χ1n) is 11.5. The number of oxime groups is 1. The lowest BCUT2D eigenvalue weighted by molar-refractivity contribution is -0.135. The fraction of sp³-hybridized carbons (Fsp3) is 0.286. The lowest BCUT2D eigenvalue weighted by atomic mass is 9.94. The van der Waals surface area contributed by atoms with Crippen molar-refractivity contribution >= 4 is 11.6 Å². The number of amides is 1. The minimum atomic E-state index is -0.300. The van der Waals surface area contributed by atoms with Crippen LogP contribution in [0.15, 0.2) is 84.0 Å². The van der Waals surface area contributed by atoms with Crippen LogP contribution in [0.25, 0.3) is 0 Å². The summed E-state index contributed by atoms with van der Waals surface area (Å²) in [6.45, 7) is 2.76. The van der Waals surface area contributed by atoms with Crippen LogP contribution in [0.1, 0.15) is 42.4 Å². The molecule has 6 heteroatoms. The number of hydrogen-bond donors (Lipinski definition) is 0. The van der Waals surface area contributed by atoms with Gasteiger partial charge in [0.25, 0.3) is 0 Å². The van der Waals surface area contributed by atoms with Crippen molar-refractivity contribution in [3.8, 4) is 5.75 Å². The highest BCUT2D eigenvalue weighted by atomic mass is 19.1. The molecule has 1 aliphatic rings. The van der Waals surface area contributed by atoms with Crippen LogP contribution < -0.4 is 4.74 Å². The zero-order valence-corrected chi connectivity index (χ0v) is 19.5. The van der Waals surface area contributed by atoms with Gasteiger partial charge >= 0.3 is 0 Å². The minimum absolute atomic E-state index is 0.0207. The molecule has 1 amide bonds. The third kappa shape index (κ3) is 5.45. The van der Waals surface area contributed by atoms with Crippen LogP contribution in [-0.4, -0.2) is 36.3 Å². The molecule has 0 spiro atoms. The first-order chi connectivity index (χ1) is 16.6. The average molecular weight is 461 g/mol. The van der Waals surface area contributed by atoms with E-state index in [1.54, 1.807) is 24.1 Å². The van der Waals surface area contributed by atoms with E-state index in [0.29, 0.717) is 25.9 Å². The Balaban J connectivity index is 1.54. The molecule has 1 aliphatic heterocycles. The summed E-state index contributed by atoms with van der Waals surface area (Å²) in [5.74, 6) is 0.191. The molecule has 5 nitrogen and oxygen atoms in total. The molecule has 0 N–H and O–H groups in total. The smallest absolute Gasteiger partial charge is 0.230 e. The molecule has 176 valence electrons. The Hall–Kier alpha value is -3.67. The first kappa shape index (κ1) is 23.5. The Bertz CT molecular complexity index is 1130. The third-order valence-corrected chi connectivity index (χ3v) is 6.08. The quantitative estimate of drug-likeness (QED) is 0.421. The highest BCUT2D eigenvalue weighted by molar-refractivity contribution is 6.03. The second kappa shape index (κ2) is 11.0. The van der Waals surface area contributed by atoms with Gasteiger partial charge in [0.2, 0.25) is 5.91 Å². The molecule has 0 radical (unpaired) electrons. The van der Waals surface area contributed by atoms with Gasteiger partial charge in [-0.2, -0.15) is 0 Å². The topological polar surface area (TPSA) is 51.1 Å². The van der Waals surface area contributed by atoms with Gasteiger partial charge < -0.3 is 14.5 Å². The van der Waals surface area contributed by atoms with Crippen LogP contribution in [-0.2, 0) is 16.2 Å². The molecule has 0 bridgehead atoms. The zero-order valence-electron chi connectivity index (χ0n) is 19.5. The van der Waals surface area contributed by atoms with E-state index in [0.717, 1.165) is 28.2 Å². The van der Waals surface area contributed by atoms with E-state index >= 15 is 0 Å². The molecule has 4 rings (SSSR count). The lowest BCUT2D eigenvalue weighted by Gasteiger charge is -2.29. The molecule has 0 fully saturated rings. The Morgan fingerprint density at radius 1 is 1.09 bits per heavy atom. The Kier molecular flexibility index (Phi) is 7.58. The normalized spacial score (nSPS) is 15.9. The van der Waals surface area contributed by atoms with Crippen molar-refractivity contribution in [1.29, 1.82) is 0 Å². The summed E-state index contributed by atoms with van der Waals surface area (Å²) in [7, 11) is 1.63. The number of benzene rings is 3. The molecule has 0 saturated carbocycles. The number of ether oxygens (including phenoxy) is 1. The number of methoxy groups -OCH3 is 1. The number of carbonyl (C=O) groups is 1. The number of para-hydroxylation sites is 1. The van der Waals surface area contributed by atoms with Crippen molar-refractivity contribution < 1.29 is 18.8 Å². The maximum Gasteiger partial charge on any atom is 0.230 e. The third-order valence-electron chi connectivity index (χ3n) is 6.08. The molecule has 0 aromatic heterocycles. The van der Waals surface area contributed by atoms with Gasteiger partial charge in [-0.15, -0.1) is 0 Å². The molecule has 1 heterocycles. The fourth-order valence-electron chi connectivity index (χ4n) is 4.32. The van der Waals surface area contributed by atoms with E-state index in [1.165, 1.54) is 12.1 Å². The van der Waals surface area contributed by atoms with Crippen LogP contribution in [0.3, 0.4) is 0 Å². The summed E-state index contributed by atoms with van der Waals surface area (Å²) in [6.07, 6.45) is 0.963. The van der Waals surface area contributed by atoms with E-state index in [1.807, 2.05) is 61.5 Å². The fourth-order valence-corrected chi connectivity index (χ4v) is 4.32. The van der Waals surface area contributed by atoms with E-state index in [9.17, 15) is 9.18 Å². The predicted molar refractivity (Wildman–Crippen MR) is 130 cm³/mol. The number of halogens is 1. The number of hydrogen-bond acceptors (Lipinski definition) is 4. The van der Waals surface area contributed by atoms with Gasteiger partial charge in [-0.05, 0) is 41.8 Å². The monoisotopic (exact) mass is 460 g/mol. The van der Waals surface area contributed by atoms with Crippen LogP contribution >= 0.6 is 0 Å². The first-order valence-corrected chi connectivity index (χ1v) is 11.5. The number of nitrogens with zero attached hydrogens (tertiary/aromatic N) is 2. The van der Waals surface area contributed by atoms with Gasteiger partial charge in [-0.1, -0.05) is 66.7 Å². The summed E-state index contributed by atoms with van der Waals surface area (Å²) in [6, 6.07) is 23.8. The number of carbonyl (C=O) groups excluding carboxylic acids is 1. The molecule has 0 saturated heterocycles. The second-order valence-corrected chi connectivity index (χ2v) is 8.39. The van der Waals surface area contributed by atoms with Crippen LogP contribution in [0, 0.1) is 5.82 Å². The predicted octanol–water partition coefficient (Wildman–Crippen LogP) is 5.55. The molecule has 0 aliphatic carbocycles. The van der Waals surface area contributed by atoms with Crippen molar-refractivity contribution in [3.63, 3.8) is 0 Å². The van der Waals surface area contributed by atoms with Crippen molar-refractivity contribution in [2.75, 3.05) is 13.7 Å². The average Bonchev–Trinajstić information content (AvgIpc) is 3.34. The maximum atomic E-state index is 13.7. The van der Waals surface area contributed by atoms with E-state index in [4.69, 9.17) is 9.57 Å². The molecule has 0 unspecified atom stereocenters. The molecular weight excluding hydrogens is 431 g/mol. The summed E-state index contributed by atoms with van der Waals surface area (Å²) in [4.78, 5) is 21.3. The van der Waals surface area contributed by atoms with Gasteiger partial charge in [0.15, 0.2) is 6.10 Å². The van der Waals surface area contributed by atoms with E-state index < -0.39 is 0 Å². The second-order valence-electron chi connectivity index (χ2n) is 8.39. The zero-order chi connectivity index (χ0) is 23.9. The van der Waals surface area contributed by atoms with Crippen LogP contribution in [0.4, 0.5) is 4.39 Å². The Morgan fingerprint density at radius 3 is 2.50 bits per heavy atom. The van der Waals surface area contributed by atoms with E-state index in [-0.39, 0.29) is 23.7 Å². The SMILES string of the molecule is CC[C@H](C(=O)N(Cc1ccc(F)cc1)C[C@H]1CC(c2ccccc2OC)=NO1)c1ccccc1. The lowest BCUT2D eigenvalue weighted by Crippen LogP contribution is -2.40. The summed E-state index contributed by atoms with van der Waals surface area (Å²) < 4.78 is 18.9. The van der Waals surface area contributed by atoms with Gasteiger partial charge in [-0.25, -0.2) is 4.39 Å². The van der Waals surface area contributed by atoms with Crippen molar-refractivity contribution in [2.24, 2.45) is 5.16 Å². The maximum absolute atomic E-state index is 13.7. The highest BCUT2D eigenvalue weighted by Gasteiger charge is 2.31. The molecule has 3 aromatic rings. The van der Waals surface area contributed by atoms with Gasteiger partial charge in [0, 0.05) is 18.5 Å². The molecule has 34 heavy (non-hydrogen) atoms. The van der Waals surface area contributed by atoms with Crippen molar-refractivity contribution in [3.05, 3.63) is 101 Å². The summed E-state index contributed by atoms with van der Waals surface area (Å²) >= 11 is 0. The number of rotatable bonds is 9. The van der Waals surface area contributed by atoms with Gasteiger partial charge in [0.1, 0.15) is 11.6 Å².